The molecule has 3 rings (SSSR count). The molecule has 2 aromatic carbocycles. The van der Waals surface area contributed by atoms with Gasteiger partial charge in [-0.1, -0.05) is 54.6 Å². The third kappa shape index (κ3) is 3.89. The van der Waals surface area contributed by atoms with Gasteiger partial charge in [-0.3, -0.25) is 9.69 Å². The molecule has 146 valence electrons. The predicted molar refractivity (Wildman–Crippen MR) is 101 cm³/mol. The molecule has 0 bridgehead atoms. The second-order valence-corrected chi connectivity index (χ2v) is 6.80. The molecular weight excluding hydrogens is 360 g/mol. The molecule has 2 aromatic rings. The molecule has 1 amide bonds. The summed E-state index contributed by atoms with van der Waals surface area (Å²) in [5.74, 6) is -1.64. The maximum absolute atomic E-state index is 12.9. The van der Waals surface area contributed by atoms with Gasteiger partial charge >= 0.3 is 12.1 Å². The van der Waals surface area contributed by atoms with Gasteiger partial charge in [0.2, 0.25) is 0 Å². The van der Waals surface area contributed by atoms with Crippen LogP contribution in [0, 0.1) is 0 Å². The van der Waals surface area contributed by atoms with Crippen molar-refractivity contribution in [2.24, 2.45) is 5.73 Å². The van der Waals surface area contributed by atoms with E-state index < -0.39 is 36.0 Å². The fraction of sp³-hybridized carbons (Fsp3) is 0.286. The van der Waals surface area contributed by atoms with Crippen LogP contribution in [0.2, 0.25) is 0 Å². The third-order valence-corrected chi connectivity index (χ3v) is 4.80. The van der Waals surface area contributed by atoms with Crippen LogP contribution < -0.4 is 5.73 Å². The Morgan fingerprint density at radius 1 is 1.14 bits per heavy atom. The number of ether oxygens (including phenoxy) is 1. The molecule has 7 heteroatoms. The first-order valence-corrected chi connectivity index (χ1v) is 8.99. The lowest BCUT2D eigenvalue weighted by atomic mass is 9.85. The molecule has 7 nitrogen and oxygen atoms in total. The number of carbonyl (C=O) groups excluding carboxylic acids is 2. The number of carboxylic acid groups (broad SMARTS) is 1. The van der Waals surface area contributed by atoms with Crippen LogP contribution in [0.25, 0.3) is 0 Å². The number of ketones is 1. The van der Waals surface area contributed by atoms with Gasteiger partial charge in [-0.05, 0) is 23.6 Å². The van der Waals surface area contributed by atoms with Gasteiger partial charge in [0.05, 0.1) is 6.04 Å². The molecule has 0 saturated carbocycles. The number of aliphatic carboxylic acids is 1. The van der Waals surface area contributed by atoms with E-state index in [1.165, 1.54) is 6.92 Å². The summed E-state index contributed by atoms with van der Waals surface area (Å²) >= 11 is 0. The van der Waals surface area contributed by atoms with Gasteiger partial charge in [0.1, 0.15) is 18.7 Å². The van der Waals surface area contributed by atoms with E-state index in [2.05, 4.69) is 0 Å². The smallest absolute Gasteiger partial charge is 0.411 e. The second-order valence-electron chi connectivity index (χ2n) is 6.80. The number of hydrogen-bond acceptors (Lipinski definition) is 5. The van der Waals surface area contributed by atoms with E-state index in [0.717, 1.165) is 10.5 Å². The monoisotopic (exact) mass is 382 g/mol. The van der Waals surface area contributed by atoms with Crippen molar-refractivity contribution >= 4 is 17.8 Å². The van der Waals surface area contributed by atoms with E-state index in [-0.39, 0.29) is 13.0 Å². The molecule has 0 radical (unpaired) electrons. The van der Waals surface area contributed by atoms with Gasteiger partial charge in [-0.25, -0.2) is 9.59 Å². The minimum absolute atomic E-state index is 0.0246. The molecule has 0 spiro atoms. The van der Waals surface area contributed by atoms with Crippen LogP contribution >= 0.6 is 0 Å². The Morgan fingerprint density at radius 3 is 2.43 bits per heavy atom. The number of carbonyl (C=O) groups is 3. The number of hydrogen-bond donors (Lipinski definition) is 2. The molecule has 0 aliphatic carbocycles. The number of fused-ring (bicyclic) bond motifs is 1. The number of amides is 1. The van der Waals surface area contributed by atoms with Crippen molar-refractivity contribution in [2.75, 3.05) is 0 Å². The van der Waals surface area contributed by atoms with Crippen molar-refractivity contribution in [2.45, 2.75) is 38.1 Å². The van der Waals surface area contributed by atoms with Gasteiger partial charge in [-0.15, -0.1) is 0 Å². The summed E-state index contributed by atoms with van der Waals surface area (Å²) in [5, 5.41) is 9.71. The van der Waals surface area contributed by atoms with Crippen molar-refractivity contribution in [3.8, 4) is 0 Å². The quantitative estimate of drug-likeness (QED) is 0.821. The molecule has 0 saturated heterocycles. The lowest BCUT2D eigenvalue weighted by Gasteiger charge is -2.40. The first-order valence-electron chi connectivity index (χ1n) is 8.99. The fourth-order valence-electron chi connectivity index (χ4n) is 3.40. The van der Waals surface area contributed by atoms with E-state index in [4.69, 9.17) is 10.5 Å². The number of carboxylic acids is 1. The van der Waals surface area contributed by atoms with E-state index in [1.807, 2.05) is 18.2 Å². The Hall–Kier alpha value is -3.19. The summed E-state index contributed by atoms with van der Waals surface area (Å²) in [4.78, 5) is 38.6. The molecule has 28 heavy (non-hydrogen) atoms. The van der Waals surface area contributed by atoms with Gasteiger partial charge in [-0.2, -0.15) is 0 Å². The normalized spacial score (nSPS) is 19.4. The summed E-state index contributed by atoms with van der Waals surface area (Å²) in [6.07, 6.45) is -0.765. The van der Waals surface area contributed by atoms with Gasteiger partial charge in [0.15, 0.2) is 5.78 Å². The lowest BCUT2D eigenvalue weighted by molar-refractivity contribution is -0.145. The first kappa shape index (κ1) is 19.6. The molecule has 3 atom stereocenters. The predicted octanol–water partition coefficient (Wildman–Crippen LogP) is 2.29. The highest BCUT2D eigenvalue weighted by molar-refractivity contribution is 5.95. The summed E-state index contributed by atoms with van der Waals surface area (Å²) in [7, 11) is 0. The van der Waals surface area contributed by atoms with E-state index in [1.54, 1.807) is 36.4 Å². The standard InChI is InChI=1S/C21H22N2O5/c1-13(22)19(24)18-16-10-6-5-9-15(16)11-17(20(25)26)23(18)21(27)28-12-14-7-3-2-4-8-14/h2-10,13,17-18H,11-12,22H2,1H3,(H,25,26)/t13-,17?,18?/m0/s1. The molecular formula is C21H22N2O5. The summed E-state index contributed by atoms with van der Waals surface area (Å²) in [6.45, 7) is 1.49. The van der Waals surface area contributed by atoms with Crippen molar-refractivity contribution in [3.63, 3.8) is 0 Å². The van der Waals surface area contributed by atoms with E-state index in [9.17, 15) is 19.5 Å². The highest BCUT2D eigenvalue weighted by Gasteiger charge is 2.45. The average molecular weight is 382 g/mol. The molecule has 1 heterocycles. The Kier molecular flexibility index (Phi) is 5.75. The zero-order valence-corrected chi connectivity index (χ0v) is 15.4. The molecule has 1 aliphatic rings. The summed E-state index contributed by atoms with van der Waals surface area (Å²) < 4.78 is 5.35. The topological polar surface area (TPSA) is 110 Å². The second kappa shape index (κ2) is 8.22. The molecule has 0 fully saturated rings. The average Bonchev–Trinajstić information content (AvgIpc) is 2.70. The SMILES string of the molecule is C[C@H](N)C(=O)C1c2ccccc2CC(C(=O)O)N1C(=O)OCc1ccccc1. The maximum Gasteiger partial charge on any atom is 0.411 e. The van der Waals surface area contributed by atoms with Gasteiger partial charge in [0.25, 0.3) is 0 Å². The molecule has 2 unspecified atom stereocenters. The Labute approximate surface area is 162 Å². The van der Waals surface area contributed by atoms with Crippen LogP contribution in [0.1, 0.15) is 29.7 Å². The van der Waals surface area contributed by atoms with E-state index in [0.29, 0.717) is 11.1 Å². The van der Waals surface area contributed by atoms with Crippen LogP contribution in [0.5, 0.6) is 0 Å². The van der Waals surface area contributed by atoms with Crippen LogP contribution in [0.15, 0.2) is 54.6 Å². The summed E-state index contributed by atoms with van der Waals surface area (Å²) in [5.41, 5.74) is 7.85. The van der Waals surface area contributed by atoms with Gasteiger partial charge < -0.3 is 15.6 Å². The Balaban J connectivity index is 1.96. The number of rotatable bonds is 5. The first-order chi connectivity index (χ1) is 13.4. The minimum atomic E-state index is -1.22. The molecule has 0 aromatic heterocycles. The maximum atomic E-state index is 12.9. The van der Waals surface area contributed by atoms with Gasteiger partial charge in [0, 0.05) is 6.42 Å². The largest absolute Gasteiger partial charge is 0.480 e. The Bertz CT molecular complexity index is 881. The number of nitrogens with two attached hydrogens (primary N) is 1. The molecule has 1 aliphatic heterocycles. The van der Waals surface area contributed by atoms with Crippen molar-refractivity contribution in [3.05, 3.63) is 71.3 Å². The number of benzene rings is 2. The third-order valence-electron chi connectivity index (χ3n) is 4.80. The fourth-order valence-corrected chi connectivity index (χ4v) is 3.40. The number of nitrogens with zero attached hydrogens (tertiary/aromatic N) is 1. The van der Waals surface area contributed by atoms with Crippen molar-refractivity contribution in [1.82, 2.24) is 4.90 Å². The van der Waals surface area contributed by atoms with Crippen LogP contribution in [-0.2, 0) is 27.4 Å². The van der Waals surface area contributed by atoms with Crippen LogP contribution in [0.4, 0.5) is 4.79 Å². The van der Waals surface area contributed by atoms with Crippen molar-refractivity contribution < 1.29 is 24.2 Å². The highest BCUT2D eigenvalue weighted by Crippen LogP contribution is 2.35. The van der Waals surface area contributed by atoms with Crippen molar-refractivity contribution in [1.29, 1.82) is 0 Å². The highest BCUT2D eigenvalue weighted by atomic mass is 16.6. The van der Waals surface area contributed by atoms with Crippen LogP contribution in [-0.4, -0.2) is 39.9 Å². The Morgan fingerprint density at radius 2 is 1.79 bits per heavy atom. The molecule has 3 N–H and O–H groups in total. The lowest BCUT2D eigenvalue weighted by Crippen LogP contribution is -2.55. The summed E-state index contributed by atoms with van der Waals surface area (Å²) in [6, 6.07) is 12.8. The van der Waals surface area contributed by atoms with Crippen LogP contribution in [0.3, 0.4) is 0 Å². The zero-order chi connectivity index (χ0) is 20.3. The minimum Gasteiger partial charge on any atom is -0.480 e. The van der Waals surface area contributed by atoms with E-state index >= 15 is 0 Å². The zero-order valence-electron chi connectivity index (χ0n) is 15.4. The number of Topliss-reactive ketones (excluding diaryl/α,β-unsaturated/α-hetero) is 1.